The molecular formula is C13H9ClINO. The largest absolute Gasteiger partial charge is 0.322 e. The third-order valence-electron chi connectivity index (χ3n) is 2.21. The molecule has 86 valence electrons. The number of hydrogen-bond acceptors (Lipinski definition) is 1. The van der Waals surface area contributed by atoms with E-state index in [1.165, 1.54) is 0 Å². The minimum atomic E-state index is -0.158. The molecule has 17 heavy (non-hydrogen) atoms. The molecule has 0 fully saturated rings. The highest BCUT2D eigenvalue weighted by atomic mass is 127. The van der Waals surface area contributed by atoms with Gasteiger partial charge >= 0.3 is 0 Å². The van der Waals surface area contributed by atoms with Crippen LogP contribution in [0, 0.1) is 3.57 Å². The van der Waals surface area contributed by atoms with E-state index in [1.54, 1.807) is 12.1 Å². The number of amides is 1. The van der Waals surface area contributed by atoms with Crippen LogP contribution in [-0.4, -0.2) is 5.91 Å². The SMILES string of the molecule is O=C(Nc1ccccc1)c1ccc(I)c(Cl)c1. The Morgan fingerprint density at radius 3 is 2.47 bits per heavy atom. The first-order valence-corrected chi connectivity index (χ1v) is 6.44. The second-order valence-electron chi connectivity index (χ2n) is 3.45. The van der Waals surface area contributed by atoms with Crippen molar-refractivity contribution >= 4 is 45.8 Å². The van der Waals surface area contributed by atoms with Gasteiger partial charge in [-0.1, -0.05) is 29.8 Å². The van der Waals surface area contributed by atoms with E-state index < -0.39 is 0 Å². The molecule has 0 saturated carbocycles. The van der Waals surface area contributed by atoms with Crippen LogP contribution in [0.3, 0.4) is 0 Å². The second-order valence-corrected chi connectivity index (χ2v) is 5.02. The first kappa shape index (κ1) is 12.4. The van der Waals surface area contributed by atoms with Gasteiger partial charge in [-0.3, -0.25) is 4.79 Å². The smallest absolute Gasteiger partial charge is 0.255 e. The van der Waals surface area contributed by atoms with Crippen molar-refractivity contribution in [3.63, 3.8) is 0 Å². The van der Waals surface area contributed by atoms with E-state index in [0.717, 1.165) is 9.26 Å². The number of benzene rings is 2. The van der Waals surface area contributed by atoms with Crippen molar-refractivity contribution in [2.45, 2.75) is 0 Å². The van der Waals surface area contributed by atoms with Crippen molar-refractivity contribution in [3.05, 3.63) is 62.7 Å². The summed E-state index contributed by atoms with van der Waals surface area (Å²) in [5.41, 5.74) is 1.33. The lowest BCUT2D eigenvalue weighted by Crippen LogP contribution is -2.11. The van der Waals surface area contributed by atoms with Crippen LogP contribution in [0.25, 0.3) is 0 Å². The van der Waals surface area contributed by atoms with Crippen LogP contribution in [0.15, 0.2) is 48.5 Å². The van der Waals surface area contributed by atoms with E-state index in [0.29, 0.717) is 10.6 Å². The number of hydrogen-bond donors (Lipinski definition) is 1. The lowest BCUT2D eigenvalue weighted by Gasteiger charge is -2.05. The van der Waals surface area contributed by atoms with Gasteiger partial charge in [-0.2, -0.15) is 0 Å². The summed E-state index contributed by atoms with van der Waals surface area (Å²) in [6.45, 7) is 0. The molecule has 2 aromatic carbocycles. The molecule has 0 heterocycles. The fourth-order valence-electron chi connectivity index (χ4n) is 1.36. The summed E-state index contributed by atoms with van der Waals surface area (Å²) in [5, 5.41) is 3.39. The maximum atomic E-state index is 11.9. The molecule has 0 aliphatic carbocycles. The quantitative estimate of drug-likeness (QED) is 0.802. The third-order valence-corrected chi connectivity index (χ3v) is 3.79. The molecule has 2 aromatic rings. The Hall–Kier alpha value is -1.07. The summed E-state index contributed by atoms with van der Waals surface area (Å²) >= 11 is 8.10. The predicted octanol–water partition coefficient (Wildman–Crippen LogP) is 4.20. The molecule has 0 aliphatic rings. The molecule has 0 atom stereocenters. The number of para-hydroxylation sites is 1. The average Bonchev–Trinajstić information content (AvgIpc) is 2.34. The van der Waals surface area contributed by atoms with Gasteiger partial charge in [-0.15, -0.1) is 0 Å². The zero-order valence-corrected chi connectivity index (χ0v) is 11.7. The summed E-state index contributed by atoms with van der Waals surface area (Å²) in [7, 11) is 0. The number of nitrogens with one attached hydrogen (secondary N) is 1. The Labute approximate surface area is 118 Å². The minimum absolute atomic E-state index is 0.158. The van der Waals surface area contributed by atoms with Crippen LogP contribution in [0.1, 0.15) is 10.4 Å². The van der Waals surface area contributed by atoms with Gasteiger partial charge < -0.3 is 5.32 Å². The van der Waals surface area contributed by atoms with Crippen LogP contribution in [-0.2, 0) is 0 Å². The topological polar surface area (TPSA) is 29.1 Å². The van der Waals surface area contributed by atoms with Gasteiger partial charge in [0.1, 0.15) is 0 Å². The van der Waals surface area contributed by atoms with Crippen LogP contribution < -0.4 is 5.32 Å². The molecule has 0 bridgehead atoms. The zero-order chi connectivity index (χ0) is 12.3. The van der Waals surface area contributed by atoms with Crippen molar-refractivity contribution in [2.24, 2.45) is 0 Å². The van der Waals surface area contributed by atoms with Gasteiger partial charge in [0.2, 0.25) is 0 Å². The zero-order valence-electron chi connectivity index (χ0n) is 8.78. The summed E-state index contributed by atoms with van der Waals surface area (Å²) < 4.78 is 0.931. The van der Waals surface area contributed by atoms with Crippen LogP contribution in [0.2, 0.25) is 5.02 Å². The fourth-order valence-corrected chi connectivity index (χ4v) is 1.88. The van der Waals surface area contributed by atoms with Gasteiger partial charge in [-0.25, -0.2) is 0 Å². The van der Waals surface area contributed by atoms with Gasteiger partial charge in [0, 0.05) is 14.8 Å². The number of halogens is 2. The number of rotatable bonds is 2. The van der Waals surface area contributed by atoms with Crippen LogP contribution in [0.4, 0.5) is 5.69 Å². The molecule has 0 radical (unpaired) electrons. The monoisotopic (exact) mass is 357 g/mol. The third kappa shape index (κ3) is 3.20. The first-order chi connectivity index (χ1) is 8.16. The van der Waals surface area contributed by atoms with E-state index in [4.69, 9.17) is 11.6 Å². The molecule has 1 amide bonds. The molecule has 2 nitrogen and oxygen atoms in total. The lowest BCUT2D eigenvalue weighted by molar-refractivity contribution is 0.102. The summed E-state index contributed by atoms with van der Waals surface area (Å²) in [4.78, 5) is 11.9. The fraction of sp³-hybridized carbons (Fsp3) is 0. The number of carbonyl (C=O) groups is 1. The van der Waals surface area contributed by atoms with E-state index in [9.17, 15) is 4.79 Å². The Balaban J connectivity index is 2.18. The molecule has 0 unspecified atom stereocenters. The molecule has 1 N–H and O–H groups in total. The highest BCUT2D eigenvalue weighted by molar-refractivity contribution is 14.1. The molecular weight excluding hydrogens is 349 g/mol. The minimum Gasteiger partial charge on any atom is -0.322 e. The average molecular weight is 358 g/mol. The first-order valence-electron chi connectivity index (χ1n) is 4.98. The molecule has 4 heteroatoms. The Bertz CT molecular complexity index is 542. The summed E-state index contributed by atoms with van der Waals surface area (Å²) in [5.74, 6) is -0.158. The normalized spacial score (nSPS) is 10.0. The highest BCUT2D eigenvalue weighted by Crippen LogP contribution is 2.20. The maximum Gasteiger partial charge on any atom is 0.255 e. The van der Waals surface area contributed by atoms with Crippen LogP contribution >= 0.6 is 34.2 Å². The lowest BCUT2D eigenvalue weighted by atomic mass is 10.2. The van der Waals surface area contributed by atoms with Crippen LogP contribution in [0.5, 0.6) is 0 Å². The van der Waals surface area contributed by atoms with E-state index in [-0.39, 0.29) is 5.91 Å². The van der Waals surface area contributed by atoms with Gasteiger partial charge in [0.05, 0.1) is 5.02 Å². The molecule has 0 saturated heterocycles. The number of anilines is 1. The van der Waals surface area contributed by atoms with E-state index in [1.807, 2.05) is 36.4 Å². The van der Waals surface area contributed by atoms with Crippen molar-refractivity contribution in [1.29, 1.82) is 0 Å². The molecule has 0 aliphatic heterocycles. The van der Waals surface area contributed by atoms with Gasteiger partial charge in [0.15, 0.2) is 0 Å². The van der Waals surface area contributed by atoms with Crippen molar-refractivity contribution in [3.8, 4) is 0 Å². The molecule has 0 spiro atoms. The van der Waals surface area contributed by atoms with E-state index >= 15 is 0 Å². The van der Waals surface area contributed by atoms with Gasteiger partial charge in [-0.05, 0) is 52.9 Å². The molecule has 2 rings (SSSR count). The Kier molecular flexibility index (Phi) is 4.02. The Morgan fingerprint density at radius 1 is 1.12 bits per heavy atom. The summed E-state index contributed by atoms with van der Waals surface area (Å²) in [6, 6.07) is 14.6. The Morgan fingerprint density at radius 2 is 1.82 bits per heavy atom. The van der Waals surface area contributed by atoms with Crippen molar-refractivity contribution < 1.29 is 4.79 Å². The van der Waals surface area contributed by atoms with Gasteiger partial charge in [0.25, 0.3) is 5.91 Å². The second kappa shape index (κ2) is 5.51. The van der Waals surface area contributed by atoms with Crippen molar-refractivity contribution in [2.75, 3.05) is 5.32 Å². The summed E-state index contributed by atoms with van der Waals surface area (Å²) in [6.07, 6.45) is 0. The highest BCUT2D eigenvalue weighted by Gasteiger charge is 2.07. The van der Waals surface area contributed by atoms with E-state index in [2.05, 4.69) is 27.9 Å². The standard InChI is InChI=1S/C13H9ClINO/c14-11-8-9(6-7-12(11)15)13(17)16-10-4-2-1-3-5-10/h1-8H,(H,16,17). The maximum absolute atomic E-state index is 11.9. The predicted molar refractivity (Wildman–Crippen MR) is 78.6 cm³/mol. The molecule has 0 aromatic heterocycles. The number of carbonyl (C=O) groups excluding carboxylic acids is 1. The van der Waals surface area contributed by atoms with Crippen molar-refractivity contribution in [1.82, 2.24) is 0 Å².